The predicted molar refractivity (Wildman–Crippen MR) is 233 cm³/mol. The number of hydrogen-bond donors (Lipinski definition) is 0. The van der Waals surface area contributed by atoms with E-state index in [1.54, 1.807) is 121 Å². The van der Waals surface area contributed by atoms with E-state index in [-0.39, 0.29) is 0 Å². The Hall–Kier alpha value is -6.18. The number of carbonyl (C=O) groups excluding carboxylic acids is 6. The van der Waals surface area contributed by atoms with Gasteiger partial charge in [0.1, 0.15) is 37.5 Å². The average molecular weight is 865 g/mol. The molecule has 0 unspecified atom stereocenters. The molecular formula is C48H60F4N4O6. The van der Waals surface area contributed by atoms with E-state index in [2.05, 4.69) is 0 Å². The molecule has 0 bridgehead atoms. The molecule has 2 fully saturated rings. The Labute approximate surface area is 363 Å². The van der Waals surface area contributed by atoms with Crippen LogP contribution in [-0.4, -0.2) is 81.5 Å². The molecule has 0 N–H and O–H groups in total. The maximum absolute atomic E-state index is 14.5. The maximum Gasteiger partial charge on any atom is 0.333 e. The summed E-state index contributed by atoms with van der Waals surface area (Å²) in [5, 5.41) is 0. The van der Waals surface area contributed by atoms with Crippen LogP contribution < -0.4 is 0 Å². The summed E-state index contributed by atoms with van der Waals surface area (Å²) >= 11 is 0. The van der Waals surface area contributed by atoms with Crippen molar-refractivity contribution in [3.63, 3.8) is 0 Å². The molecule has 0 spiro atoms. The van der Waals surface area contributed by atoms with Gasteiger partial charge in [-0.1, -0.05) is 177 Å². The molecule has 336 valence electrons. The average Bonchev–Trinajstić information content (AvgIpc) is 3.33. The molecule has 4 aromatic carbocycles. The Morgan fingerprint density at radius 2 is 0.500 bits per heavy atom. The molecule has 10 nitrogen and oxygen atoms in total. The molecular weight excluding hydrogens is 805 g/mol. The number of imide groups is 4. The van der Waals surface area contributed by atoms with Crippen LogP contribution in [0.4, 0.5) is 27.2 Å². The van der Waals surface area contributed by atoms with Crippen molar-refractivity contribution in [2.45, 2.75) is 92.9 Å². The summed E-state index contributed by atoms with van der Waals surface area (Å²) in [6.45, 7) is 13.9. The Kier molecular flexibility index (Phi) is 25.3. The number of rotatable bonds is 12. The third-order valence-electron chi connectivity index (χ3n) is 8.75. The Bertz CT molecular complexity index is 1670. The second-order valence-corrected chi connectivity index (χ2v) is 12.4. The lowest BCUT2D eigenvalue weighted by atomic mass is 10.1. The second-order valence-electron chi connectivity index (χ2n) is 12.4. The van der Waals surface area contributed by atoms with Crippen LogP contribution in [0.15, 0.2) is 121 Å². The molecule has 62 heavy (non-hydrogen) atoms. The van der Waals surface area contributed by atoms with E-state index < -0.39 is 99.4 Å². The van der Waals surface area contributed by atoms with E-state index in [1.165, 1.54) is 0 Å². The highest BCUT2D eigenvalue weighted by molar-refractivity contribution is 6.14. The van der Waals surface area contributed by atoms with Gasteiger partial charge in [0.25, 0.3) is 0 Å². The SMILES string of the molecule is CC.CC.CC.CC.O=C1CC(=O)N(C[C@H](F)c2ccccc2)C(=O)N1C[C@@H](F)c1ccccc1.O=C1CC(=O)N(C[C@H](F)c2ccccc2)C(=O)N1C[C@@H](F)c1ccccc1. The Morgan fingerprint density at radius 3 is 0.661 bits per heavy atom. The highest BCUT2D eigenvalue weighted by atomic mass is 19.1. The lowest BCUT2D eigenvalue weighted by Gasteiger charge is -2.34. The first kappa shape index (κ1) is 53.8. The van der Waals surface area contributed by atoms with E-state index in [1.807, 2.05) is 55.4 Å². The largest absolute Gasteiger partial charge is 0.333 e. The topological polar surface area (TPSA) is 115 Å². The van der Waals surface area contributed by atoms with E-state index in [9.17, 15) is 46.3 Å². The molecule has 2 aliphatic rings. The number of nitrogens with zero attached hydrogens (tertiary/aromatic N) is 4. The summed E-state index contributed by atoms with van der Waals surface area (Å²) < 4.78 is 58.0. The molecule has 2 aliphatic heterocycles. The Balaban J connectivity index is 0.000000534. The van der Waals surface area contributed by atoms with Crippen molar-refractivity contribution in [2.75, 3.05) is 26.2 Å². The summed E-state index contributed by atoms with van der Waals surface area (Å²) in [7, 11) is 0. The normalized spacial score (nSPS) is 15.4. The van der Waals surface area contributed by atoms with Crippen molar-refractivity contribution in [3.05, 3.63) is 144 Å². The van der Waals surface area contributed by atoms with Crippen molar-refractivity contribution in [3.8, 4) is 0 Å². The number of alkyl halides is 4. The van der Waals surface area contributed by atoms with Crippen LogP contribution in [-0.2, 0) is 19.2 Å². The van der Waals surface area contributed by atoms with Gasteiger partial charge in [-0.3, -0.25) is 38.8 Å². The van der Waals surface area contributed by atoms with Gasteiger partial charge in [0.2, 0.25) is 23.6 Å². The van der Waals surface area contributed by atoms with Crippen LogP contribution in [0.5, 0.6) is 0 Å². The van der Waals surface area contributed by atoms with Crippen LogP contribution >= 0.6 is 0 Å². The molecule has 6 rings (SSSR count). The number of carbonyl (C=O) groups is 6. The first-order valence-electron chi connectivity index (χ1n) is 21.0. The van der Waals surface area contributed by atoms with Crippen LogP contribution in [0, 0.1) is 0 Å². The molecule has 0 saturated carbocycles. The summed E-state index contributed by atoms with van der Waals surface area (Å²) in [6.07, 6.45) is -7.55. The van der Waals surface area contributed by atoms with Crippen molar-refractivity contribution in [1.29, 1.82) is 0 Å². The van der Waals surface area contributed by atoms with Gasteiger partial charge in [-0.2, -0.15) is 0 Å². The fourth-order valence-electron chi connectivity index (χ4n) is 5.79. The highest BCUT2D eigenvalue weighted by Gasteiger charge is 2.41. The second kappa shape index (κ2) is 29.1. The molecule has 0 radical (unpaired) electrons. The van der Waals surface area contributed by atoms with E-state index >= 15 is 0 Å². The molecule has 2 heterocycles. The first-order valence-corrected chi connectivity index (χ1v) is 21.0. The zero-order valence-electron chi connectivity index (χ0n) is 36.8. The smallest absolute Gasteiger partial charge is 0.274 e. The van der Waals surface area contributed by atoms with Gasteiger partial charge in [-0.25, -0.2) is 27.2 Å². The number of urea groups is 2. The first-order chi connectivity index (χ1) is 29.9. The molecule has 2 saturated heterocycles. The molecule has 0 aromatic heterocycles. The van der Waals surface area contributed by atoms with Crippen LogP contribution in [0.3, 0.4) is 0 Å². The summed E-state index contributed by atoms with van der Waals surface area (Å²) in [4.78, 5) is 76.1. The minimum atomic E-state index is -1.59. The number of amides is 8. The number of barbiturate groups is 2. The van der Waals surface area contributed by atoms with Gasteiger partial charge < -0.3 is 0 Å². The maximum atomic E-state index is 14.5. The van der Waals surface area contributed by atoms with Crippen LogP contribution in [0.1, 0.15) is 115 Å². The van der Waals surface area contributed by atoms with Gasteiger partial charge in [0, 0.05) is 0 Å². The van der Waals surface area contributed by atoms with E-state index in [0.717, 1.165) is 0 Å². The van der Waals surface area contributed by atoms with Gasteiger partial charge in [-0.15, -0.1) is 0 Å². The fourth-order valence-corrected chi connectivity index (χ4v) is 5.79. The van der Waals surface area contributed by atoms with Crippen molar-refractivity contribution in [1.82, 2.24) is 19.6 Å². The summed E-state index contributed by atoms with van der Waals surface area (Å²) in [5.41, 5.74) is 1.26. The third-order valence-corrected chi connectivity index (χ3v) is 8.75. The molecule has 8 amide bonds. The monoisotopic (exact) mass is 864 g/mol. The number of halogens is 4. The van der Waals surface area contributed by atoms with E-state index in [4.69, 9.17) is 0 Å². The van der Waals surface area contributed by atoms with Crippen molar-refractivity contribution >= 4 is 35.7 Å². The quantitative estimate of drug-likeness (QED) is 0.103. The highest BCUT2D eigenvalue weighted by Crippen LogP contribution is 2.27. The standard InChI is InChI=1S/2C20H18F2N2O3.4C2H6/c2*21-16(14-7-3-1-4-8-14)12-23-18(25)11-19(26)24(20(23)27)13-17(22)15-9-5-2-6-10-15;4*1-2/h2*1-10,16-17H,11-13H2;4*1-2H3/t2*16-,17+;;;;. The minimum absolute atomic E-state index is 0.314. The van der Waals surface area contributed by atoms with Crippen molar-refractivity contribution < 1.29 is 46.3 Å². The van der Waals surface area contributed by atoms with Crippen LogP contribution in [0.2, 0.25) is 0 Å². The Morgan fingerprint density at radius 1 is 0.339 bits per heavy atom. The number of benzene rings is 4. The molecule has 4 aromatic rings. The van der Waals surface area contributed by atoms with Crippen LogP contribution in [0.25, 0.3) is 0 Å². The third kappa shape index (κ3) is 15.7. The zero-order valence-corrected chi connectivity index (χ0v) is 36.8. The lowest BCUT2D eigenvalue weighted by molar-refractivity contribution is -0.145. The molecule has 4 atom stereocenters. The molecule has 14 heteroatoms. The lowest BCUT2D eigenvalue weighted by Crippen LogP contribution is -2.56. The fraction of sp³-hybridized carbons (Fsp3) is 0.375. The number of hydrogen-bond acceptors (Lipinski definition) is 6. The van der Waals surface area contributed by atoms with Gasteiger partial charge in [-0.05, 0) is 22.3 Å². The summed E-state index contributed by atoms with van der Waals surface area (Å²) in [6, 6.07) is 30.4. The van der Waals surface area contributed by atoms with Gasteiger partial charge >= 0.3 is 12.1 Å². The van der Waals surface area contributed by atoms with Crippen molar-refractivity contribution in [2.24, 2.45) is 0 Å². The van der Waals surface area contributed by atoms with Gasteiger partial charge in [0.05, 0.1) is 26.2 Å². The van der Waals surface area contributed by atoms with Gasteiger partial charge in [0.15, 0.2) is 0 Å². The molecule has 0 aliphatic carbocycles. The minimum Gasteiger partial charge on any atom is -0.274 e. The summed E-state index contributed by atoms with van der Waals surface area (Å²) in [5.74, 6) is -3.13. The predicted octanol–water partition coefficient (Wildman–Crippen LogP) is 11.3. The van der Waals surface area contributed by atoms with E-state index in [0.29, 0.717) is 41.9 Å². The zero-order chi connectivity index (χ0) is 46.8.